The number of fused-ring (bicyclic) bond motifs is 5. The molecule has 6 unspecified atom stereocenters. The zero-order chi connectivity index (χ0) is 32.1. The molecule has 0 heterocycles. The summed E-state index contributed by atoms with van der Waals surface area (Å²) in [5, 5.41) is 23.9. The van der Waals surface area contributed by atoms with Gasteiger partial charge < -0.3 is 20.4 Å². The number of nitrogens with one attached hydrogen (secondary N) is 1. The topological polar surface area (TPSA) is 89.9 Å². The van der Waals surface area contributed by atoms with E-state index in [1.807, 2.05) is 17.0 Å². The highest BCUT2D eigenvalue weighted by molar-refractivity contribution is 5.95. The van der Waals surface area contributed by atoms with Gasteiger partial charge in [-0.3, -0.25) is 9.59 Å². The molecule has 0 aromatic heterocycles. The molecule has 2 saturated carbocycles. The Morgan fingerprint density at radius 3 is 2.40 bits per heavy atom. The fourth-order valence-electron chi connectivity index (χ4n) is 9.05. The molecule has 0 bridgehead atoms. The number of amides is 2. The first-order valence-electron chi connectivity index (χ1n) is 17.4. The molecule has 45 heavy (non-hydrogen) atoms. The van der Waals surface area contributed by atoms with Gasteiger partial charge >= 0.3 is 0 Å². The molecule has 5 rings (SSSR count). The Kier molecular flexibility index (Phi) is 10.9. The number of halogens is 1. The predicted octanol–water partition coefficient (Wildman–Crippen LogP) is 8.02. The van der Waals surface area contributed by atoms with Crippen molar-refractivity contribution >= 4 is 17.5 Å². The average Bonchev–Trinajstić information content (AvgIpc) is 3.30. The van der Waals surface area contributed by atoms with Gasteiger partial charge in [-0.1, -0.05) is 52.0 Å². The monoisotopic (exact) mass is 620 g/mol. The van der Waals surface area contributed by atoms with Gasteiger partial charge in [0.2, 0.25) is 5.91 Å². The minimum Gasteiger partial charge on any atom is -0.508 e. The number of anilines is 1. The number of aliphatic hydroxyl groups is 1. The average molecular weight is 621 g/mol. The fraction of sp³-hybridized carbons (Fsp3) is 0.632. The Balaban J connectivity index is 1.23. The molecule has 3 aliphatic rings. The van der Waals surface area contributed by atoms with Crippen LogP contribution in [0.4, 0.5) is 10.1 Å². The molecule has 3 aliphatic carbocycles. The van der Waals surface area contributed by atoms with Crippen LogP contribution in [0.1, 0.15) is 119 Å². The van der Waals surface area contributed by atoms with Crippen molar-refractivity contribution in [1.82, 2.24) is 4.90 Å². The van der Waals surface area contributed by atoms with Crippen LogP contribution in [0, 0.1) is 23.2 Å². The van der Waals surface area contributed by atoms with Gasteiger partial charge in [0.1, 0.15) is 11.9 Å². The molecular weight excluding hydrogens is 567 g/mol. The van der Waals surface area contributed by atoms with Gasteiger partial charge in [0.15, 0.2) is 0 Å². The van der Waals surface area contributed by atoms with Gasteiger partial charge in [-0.2, -0.15) is 0 Å². The second kappa shape index (κ2) is 14.7. The van der Waals surface area contributed by atoms with Crippen LogP contribution in [0.5, 0.6) is 5.75 Å². The molecule has 0 saturated heterocycles. The largest absolute Gasteiger partial charge is 0.508 e. The van der Waals surface area contributed by atoms with Gasteiger partial charge in [-0.05, 0) is 116 Å². The standard InChI is InChI=1S/C38H53FN2O4/c1-4-5-6-9-20-41(37(45)26-12-14-29(15-13-26)40-25(2)42)21-10-7-8-11-27-22-28-23-30(43)16-17-31(28)36-33(39)24-38(3)32(35(27)36)18-19-34(38)44/h12-17,23,27,32-36,43-44H,4-11,18-22,24H2,1-3H3,(H,40,42)/t27?,32?,33?,34?,35?,36?,38-/m0/s1. The molecule has 7 heteroatoms. The number of nitrogens with zero attached hydrogens (tertiary/aromatic N) is 1. The molecule has 246 valence electrons. The maximum absolute atomic E-state index is 16.1. The van der Waals surface area contributed by atoms with E-state index in [0.29, 0.717) is 36.1 Å². The number of aliphatic hydroxyl groups excluding tert-OH is 1. The highest BCUT2D eigenvalue weighted by atomic mass is 19.1. The number of carbonyl (C=O) groups excluding carboxylic acids is 2. The summed E-state index contributed by atoms with van der Waals surface area (Å²) in [6.45, 7) is 7.20. The van der Waals surface area contributed by atoms with Crippen molar-refractivity contribution in [2.45, 2.75) is 116 Å². The molecule has 0 radical (unpaired) electrons. The van der Waals surface area contributed by atoms with E-state index in [1.165, 1.54) is 6.92 Å². The minimum absolute atomic E-state index is 0.0303. The number of hydrogen-bond donors (Lipinski definition) is 3. The third-order valence-electron chi connectivity index (χ3n) is 11.3. The van der Waals surface area contributed by atoms with Crippen molar-refractivity contribution in [1.29, 1.82) is 0 Å². The van der Waals surface area contributed by atoms with E-state index >= 15 is 4.39 Å². The molecule has 7 atom stereocenters. The summed E-state index contributed by atoms with van der Waals surface area (Å²) in [6, 6.07) is 12.6. The predicted molar refractivity (Wildman–Crippen MR) is 177 cm³/mol. The number of unbranched alkanes of at least 4 members (excludes halogenated alkanes) is 5. The molecule has 2 amide bonds. The summed E-state index contributed by atoms with van der Waals surface area (Å²) < 4.78 is 16.1. The van der Waals surface area contributed by atoms with Crippen molar-refractivity contribution in [3.63, 3.8) is 0 Å². The van der Waals surface area contributed by atoms with Crippen molar-refractivity contribution in [2.24, 2.45) is 23.2 Å². The molecule has 3 N–H and O–H groups in total. The molecule has 0 spiro atoms. The lowest BCUT2D eigenvalue weighted by Crippen LogP contribution is -2.51. The minimum atomic E-state index is -0.991. The van der Waals surface area contributed by atoms with E-state index in [0.717, 1.165) is 88.3 Å². The number of hydrogen-bond acceptors (Lipinski definition) is 4. The first-order valence-corrected chi connectivity index (χ1v) is 17.4. The number of alkyl halides is 1. The summed E-state index contributed by atoms with van der Waals surface area (Å²) in [7, 11) is 0. The Hall–Kier alpha value is -2.93. The zero-order valence-corrected chi connectivity index (χ0v) is 27.4. The Bertz CT molecular complexity index is 1320. The molecule has 2 fully saturated rings. The van der Waals surface area contributed by atoms with E-state index in [2.05, 4.69) is 19.2 Å². The number of phenolic OH excluding ortho intramolecular Hbond substituents is 1. The van der Waals surface area contributed by atoms with Crippen LogP contribution in [0.15, 0.2) is 42.5 Å². The van der Waals surface area contributed by atoms with E-state index in [4.69, 9.17) is 0 Å². The summed E-state index contributed by atoms with van der Waals surface area (Å²) in [5.74, 6) is 0.784. The Morgan fingerprint density at radius 2 is 1.71 bits per heavy atom. The van der Waals surface area contributed by atoms with Gasteiger partial charge in [0.25, 0.3) is 5.91 Å². The summed E-state index contributed by atoms with van der Waals surface area (Å²) in [5.41, 5.74) is 3.09. The van der Waals surface area contributed by atoms with E-state index in [1.54, 1.807) is 30.3 Å². The van der Waals surface area contributed by atoms with E-state index in [9.17, 15) is 19.8 Å². The second-order valence-electron chi connectivity index (χ2n) is 14.3. The highest BCUT2D eigenvalue weighted by Crippen LogP contribution is 2.63. The van der Waals surface area contributed by atoms with Gasteiger partial charge in [0, 0.05) is 37.2 Å². The smallest absolute Gasteiger partial charge is 0.253 e. The van der Waals surface area contributed by atoms with Crippen LogP contribution in [-0.4, -0.2) is 52.3 Å². The van der Waals surface area contributed by atoms with Gasteiger partial charge in [0.05, 0.1) is 6.10 Å². The molecule has 2 aromatic carbocycles. The molecular formula is C38H53FN2O4. The van der Waals surface area contributed by atoms with Crippen molar-refractivity contribution in [3.8, 4) is 5.75 Å². The van der Waals surface area contributed by atoms with Crippen LogP contribution in [0.3, 0.4) is 0 Å². The third-order valence-corrected chi connectivity index (χ3v) is 11.3. The normalized spacial score (nSPS) is 28.6. The van der Waals surface area contributed by atoms with Crippen LogP contribution < -0.4 is 5.32 Å². The van der Waals surface area contributed by atoms with E-state index in [-0.39, 0.29) is 34.8 Å². The Morgan fingerprint density at radius 1 is 1.00 bits per heavy atom. The van der Waals surface area contributed by atoms with Crippen molar-refractivity contribution in [3.05, 3.63) is 59.2 Å². The number of benzene rings is 2. The maximum atomic E-state index is 16.1. The quantitative estimate of drug-likeness (QED) is 0.198. The number of carbonyl (C=O) groups is 2. The zero-order valence-electron chi connectivity index (χ0n) is 27.4. The summed E-state index contributed by atoms with van der Waals surface area (Å²) in [4.78, 5) is 26.9. The van der Waals surface area contributed by atoms with Crippen molar-refractivity contribution in [2.75, 3.05) is 18.4 Å². The van der Waals surface area contributed by atoms with Gasteiger partial charge in [-0.25, -0.2) is 4.39 Å². The fourth-order valence-corrected chi connectivity index (χ4v) is 9.05. The molecule has 2 aromatic rings. The first-order chi connectivity index (χ1) is 21.6. The van der Waals surface area contributed by atoms with Crippen molar-refractivity contribution < 1.29 is 24.2 Å². The molecule has 6 nitrogen and oxygen atoms in total. The third kappa shape index (κ3) is 7.40. The highest BCUT2D eigenvalue weighted by Gasteiger charge is 2.59. The Labute approximate surface area is 268 Å². The van der Waals surface area contributed by atoms with Crippen LogP contribution in [0.2, 0.25) is 0 Å². The first kappa shape index (κ1) is 33.4. The van der Waals surface area contributed by atoms with Crippen LogP contribution in [-0.2, 0) is 11.2 Å². The summed E-state index contributed by atoms with van der Waals surface area (Å²) >= 11 is 0. The van der Waals surface area contributed by atoms with Gasteiger partial charge in [-0.15, -0.1) is 0 Å². The number of rotatable bonds is 13. The lowest BCUT2D eigenvalue weighted by Gasteiger charge is -2.54. The van der Waals surface area contributed by atoms with Crippen LogP contribution in [0.25, 0.3) is 0 Å². The number of phenols is 1. The van der Waals surface area contributed by atoms with E-state index < -0.39 is 12.3 Å². The summed E-state index contributed by atoms with van der Waals surface area (Å²) in [6.07, 6.45) is 9.82. The molecule has 0 aliphatic heterocycles. The lowest BCUT2D eigenvalue weighted by atomic mass is 9.51. The maximum Gasteiger partial charge on any atom is 0.253 e. The number of aromatic hydroxyl groups is 1. The lowest BCUT2D eigenvalue weighted by molar-refractivity contribution is -0.114. The SMILES string of the molecule is CCCCCCN(CCCCCC1Cc2cc(O)ccc2C2C(F)C[C@]3(C)C(O)CCC3C12)C(=O)c1ccc(NC(C)=O)cc1. The van der Waals surface area contributed by atoms with Crippen LogP contribution >= 0.6 is 0 Å². The second-order valence-corrected chi connectivity index (χ2v) is 14.3.